The van der Waals surface area contributed by atoms with Crippen LogP contribution in [-0.2, 0) is 10.4 Å². The highest BCUT2D eigenvalue weighted by molar-refractivity contribution is 5.23. The van der Waals surface area contributed by atoms with Gasteiger partial charge in [0.15, 0.2) is 0 Å². The fraction of sp³-hybridized carbons (Fsp3) is 0.571. The van der Waals surface area contributed by atoms with Crippen LogP contribution in [0.5, 0.6) is 0 Å². The van der Waals surface area contributed by atoms with Crippen LogP contribution in [0.1, 0.15) is 25.8 Å². The Morgan fingerprint density at radius 2 is 2.12 bits per heavy atom. The molecule has 0 saturated carbocycles. The molecule has 0 radical (unpaired) electrons. The second kappa shape index (κ2) is 5.17. The van der Waals surface area contributed by atoms with Crippen LogP contribution in [0.2, 0.25) is 0 Å². The molecule has 0 aliphatic carbocycles. The van der Waals surface area contributed by atoms with Crippen molar-refractivity contribution in [2.45, 2.75) is 25.9 Å². The molecule has 3 nitrogen and oxygen atoms in total. The predicted molar refractivity (Wildman–Crippen MR) is 67.3 cm³/mol. The minimum Gasteiger partial charge on any atom is -0.385 e. The lowest BCUT2D eigenvalue weighted by Gasteiger charge is -2.42. The van der Waals surface area contributed by atoms with Crippen molar-refractivity contribution in [3.8, 4) is 0 Å². The molecule has 1 fully saturated rings. The van der Waals surface area contributed by atoms with E-state index in [1.54, 1.807) is 0 Å². The summed E-state index contributed by atoms with van der Waals surface area (Å²) in [6.07, 6.45) is 0.720. The normalized spacial score (nSPS) is 30.4. The first kappa shape index (κ1) is 12.6. The molecule has 1 heterocycles. The summed E-state index contributed by atoms with van der Waals surface area (Å²) < 4.78 is 0. The van der Waals surface area contributed by atoms with Crippen LogP contribution in [0.15, 0.2) is 30.3 Å². The quantitative estimate of drug-likeness (QED) is 0.871. The average Bonchev–Trinajstić information content (AvgIpc) is 2.35. The molecule has 1 aliphatic heterocycles. The zero-order chi connectivity index (χ0) is 12.3. The van der Waals surface area contributed by atoms with Gasteiger partial charge in [0.2, 0.25) is 0 Å². The third kappa shape index (κ3) is 2.51. The zero-order valence-electron chi connectivity index (χ0n) is 10.6. The van der Waals surface area contributed by atoms with E-state index in [1.165, 1.54) is 0 Å². The molecule has 1 saturated heterocycles. The fourth-order valence-corrected chi connectivity index (χ4v) is 2.54. The zero-order valence-corrected chi connectivity index (χ0v) is 10.6. The van der Waals surface area contributed by atoms with E-state index in [2.05, 4.69) is 6.92 Å². The van der Waals surface area contributed by atoms with E-state index in [0.717, 1.165) is 25.1 Å². The highest BCUT2D eigenvalue weighted by Crippen LogP contribution is 2.37. The fourth-order valence-electron chi connectivity index (χ4n) is 2.54. The maximum absolute atomic E-state index is 10.8. The van der Waals surface area contributed by atoms with E-state index in [9.17, 15) is 5.11 Å². The van der Waals surface area contributed by atoms with Crippen molar-refractivity contribution < 1.29 is 9.94 Å². The summed E-state index contributed by atoms with van der Waals surface area (Å²) in [7, 11) is 0. The molecule has 0 amide bonds. The monoisotopic (exact) mass is 235 g/mol. The van der Waals surface area contributed by atoms with Crippen molar-refractivity contribution in [2.75, 3.05) is 19.7 Å². The van der Waals surface area contributed by atoms with E-state index in [0.29, 0.717) is 6.61 Å². The molecule has 0 aromatic heterocycles. The molecule has 1 N–H and O–H groups in total. The second-order valence-corrected chi connectivity index (χ2v) is 4.75. The van der Waals surface area contributed by atoms with Gasteiger partial charge in [-0.15, -0.1) is 0 Å². The molecule has 0 unspecified atom stereocenters. The first-order valence-electron chi connectivity index (χ1n) is 6.32. The Morgan fingerprint density at radius 1 is 1.41 bits per heavy atom. The molecule has 2 rings (SSSR count). The number of hydroxylamine groups is 2. The number of hydrogen-bond donors (Lipinski definition) is 1. The lowest BCUT2D eigenvalue weighted by Crippen LogP contribution is -2.48. The van der Waals surface area contributed by atoms with E-state index < -0.39 is 5.60 Å². The van der Waals surface area contributed by atoms with Gasteiger partial charge in [0.1, 0.15) is 0 Å². The third-order valence-corrected chi connectivity index (χ3v) is 3.62. The molecule has 1 aromatic carbocycles. The van der Waals surface area contributed by atoms with Crippen LogP contribution in [0.4, 0.5) is 0 Å². The van der Waals surface area contributed by atoms with Gasteiger partial charge >= 0.3 is 0 Å². The summed E-state index contributed by atoms with van der Waals surface area (Å²) in [5, 5.41) is 12.8. The highest BCUT2D eigenvalue weighted by atomic mass is 16.7. The Kier molecular flexibility index (Phi) is 3.82. The lowest BCUT2D eigenvalue weighted by atomic mass is 9.77. The summed E-state index contributed by atoms with van der Waals surface area (Å²) in [5.41, 5.74) is 0.304. The smallest absolute Gasteiger partial charge is 0.0948 e. The van der Waals surface area contributed by atoms with Gasteiger partial charge in [-0.1, -0.05) is 37.3 Å². The molecule has 3 heteroatoms. The van der Waals surface area contributed by atoms with Gasteiger partial charge in [-0.2, -0.15) is 5.06 Å². The maximum Gasteiger partial charge on any atom is 0.0948 e. The van der Waals surface area contributed by atoms with Crippen LogP contribution in [0.25, 0.3) is 0 Å². The summed E-state index contributed by atoms with van der Waals surface area (Å²) in [4.78, 5) is 5.50. The van der Waals surface area contributed by atoms with Gasteiger partial charge in [0.25, 0.3) is 0 Å². The van der Waals surface area contributed by atoms with E-state index in [1.807, 2.05) is 42.3 Å². The van der Waals surface area contributed by atoms with E-state index >= 15 is 0 Å². The van der Waals surface area contributed by atoms with Crippen LogP contribution >= 0.6 is 0 Å². The van der Waals surface area contributed by atoms with E-state index in [4.69, 9.17) is 4.84 Å². The van der Waals surface area contributed by atoms with Gasteiger partial charge in [-0.3, -0.25) is 4.84 Å². The Balaban J connectivity index is 2.12. The summed E-state index contributed by atoms with van der Waals surface area (Å²) in [6.45, 7) is 6.32. The SMILES string of the molecule is CCON1CC[C@](O)(c2ccccc2)[C@@H](C)C1. The summed E-state index contributed by atoms with van der Waals surface area (Å²) >= 11 is 0. The van der Waals surface area contributed by atoms with Crippen LogP contribution < -0.4 is 0 Å². The van der Waals surface area contributed by atoms with Crippen molar-refractivity contribution in [1.82, 2.24) is 5.06 Å². The van der Waals surface area contributed by atoms with Crippen molar-refractivity contribution in [1.29, 1.82) is 0 Å². The minimum absolute atomic E-state index is 0.171. The Morgan fingerprint density at radius 3 is 2.71 bits per heavy atom. The number of hydrogen-bond acceptors (Lipinski definition) is 3. The van der Waals surface area contributed by atoms with Gasteiger partial charge < -0.3 is 5.11 Å². The Bertz CT molecular complexity index is 354. The van der Waals surface area contributed by atoms with Gasteiger partial charge in [-0.05, 0) is 18.9 Å². The van der Waals surface area contributed by atoms with Gasteiger partial charge in [0, 0.05) is 19.0 Å². The van der Waals surface area contributed by atoms with Crippen molar-refractivity contribution in [3.05, 3.63) is 35.9 Å². The topological polar surface area (TPSA) is 32.7 Å². The number of nitrogens with zero attached hydrogens (tertiary/aromatic N) is 1. The number of benzene rings is 1. The molecular formula is C14H21NO2. The Hall–Kier alpha value is -0.900. The van der Waals surface area contributed by atoms with E-state index in [-0.39, 0.29) is 5.92 Å². The molecular weight excluding hydrogens is 214 g/mol. The largest absolute Gasteiger partial charge is 0.385 e. The molecule has 17 heavy (non-hydrogen) atoms. The molecule has 0 bridgehead atoms. The van der Waals surface area contributed by atoms with Crippen LogP contribution in [0.3, 0.4) is 0 Å². The van der Waals surface area contributed by atoms with Crippen LogP contribution in [-0.4, -0.2) is 29.9 Å². The van der Waals surface area contributed by atoms with Crippen molar-refractivity contribution in [3.63, 3.8) is 0 Å². The number of aliphatic hydroxyl groups is 1. The molecule has 1 aromatic rings. The van der Waals surface area contributed by atoms with Crippen LogP contribution in [0, 0.1) is 5.92 Å². The standard InChI is InChI=1S/C14H21NO2/c1-3-17-15-10-9-14(16,12(2)11-15)13-7-5-4-6-8-13/h4-8,12,16H,3,9-11H2,1-2H3/t12-,14+/m0/s1. The minimum atomic E-state index is -0.713. The molecule has 0 spiro atoms. The Labute approximate surface area is 103 Å². The second-order valence-electron chi connectivity index (χ2n) is 4.75. The van der Waals surface area contributed by atoms with Gasteiger partial charge in [0.05, 0.1) is 12.2 Å². The highest BCUT2D eigenvalue weighted by Gasteiger charge is 2.40. The first-order chi connectivity index (χ1) is 8.16. The summed E-state index contributed by atoms with van der Waals surface area (Å²) in [5.74, 6) is 0.171. The van der Waals surface area contributed by atoms with Gasteiger partial charge in [-0.25, -0.2) is 0 Å². The average molecular weight is 235 g/mol. The number of piperidine rings is 1. The summed E-state index contributed by atoms with van der Waals surface area (Å²) in [6, 6.07) is 9.95. The van der Waals surface area contributed by atoms with Crippen molar-refractivity contribution in [2.24, 2.45) is 5.92 Å². The molecule has 94 valence electrons. The van der Waals surface area contributed by atoms with Crippen molar-refractivity contribution >= 4 is 0 Å². The molecule has 2 atom stereocenters. The molecule has 1 aliphatic rings. The predicted octanol–water partition coefficient (Wildman–Crippen LogP) is 2.17. The number of rotatable bonds is 3. The first-order valence-corrected chi connectivity index (χ1v) is 6.32. The third-order valence-electron chi connectivity index (χ3n) is 3.62. The maximum atomic E-state index is 10.8. The lowest BCUT2D eigenvalue weighted by molar-refractivity contribution is -0.210.